The fourth-order valence-corrected chi connectivity index (χ4v) is 4.52. The summed E-state index contributed by atoms with van der Waals surface area (Å²) in [5, 5.41) is 8.73. The maximum atomic E-state index is 13.4. The van der Waals surface area contributed by atoms with Crippen molar-refractivity contribution in [3.05, 3.63) is 100 Å². The van der Waals surface area contributed by atoms with E-state index in [0.29, 0.717) is 36.4 Å². The molecule has 0 saturated carbocycles. The molecule has 1 N–H and O–H groups in total. The third-order valence-corrected chi connectivity index (χ3v) is 6.76. The number of ether oxygens (including phenoxy) is 1. The molecule has 8 heteroatoms. The van der Waals surface area contributed by atoms with Crippen molar-refractivity contribution in [1.29, 1.82) is 0 Å². The van der Waals surface area contributed by atoms with E-state index in [0.717, 1.165) is 11.6 Å². The van der Waals surface area contributed by atoms with Crippen LogP contribution >= 0.6 is 11.6 Å². The van der Waals surface area contributed by atoms with Gasteiger partial charge in [-0.25, -0.2) is 0 Å². The minimum absolute atomic E-state index is 0.0287. The molecule has 0 aromatic heterocycles. The van der Waals surface area contributed by atoms with Crippen LogP contribution in [0.5, 0.6) is 5.75 Å². The summed E-state index contributed by atoms with van der Waals surface area (Å²) >= 11 is 6.22. The number of hydrogen-bond donors (Lipinski definition) is 1. The number of carbonyl (C=O) groups is 1. The van der Waals surface area contributed by atoms with Crippen molar-refractivity contribution >= 4 is 17.6 Å². The van der Waals surface area contributed by atoms with Crippen molar-refractivity contribution < 1.29 is 27.8 Å². The van der Waals surface area contributed by atoms with Crippen LogP contribution in [-0.2, 0) is 23.9 Å². The number of carboxylic acid groups (broad SMARTS) is 1. The summed E-state index contributed by atoms with van der Waals surface area (Å²) in [5.41, 5.74) is 1.38. The molecule has 3 aromatic rings. The lowest BCUT2D eigenvalue weighted by atomic mass is 9.99. The Kier molecular flexibility index (Phi) is 10.0. The van der Waals surface area contributed by atoms with Gasteiger partial charge in [-0.15, -0.1) is 0 Å². The summed E-state index contributed by atoms with van der Waals surface area (Å²) in [7, 11) is 0. The fourth-order valence-electron chi connectivity index (χ4n) is 4.23. The summed E-state index contributed by atoms with van der Waals surface area (Å²) in [6, 6.07) is 20.9. The van der Waals surface area contributed by atoms with Crippen LogP contribution in [0.4, 0.5) is 13.2 Å². The van der Waals surface area contributed by atoms with Gasteiger partial charge in [-0.1, -0.05) is 73.1 Å². The summed E-state index contributed by atoms with van der Waals surface area (Å²) in [4.78, 5) is 13.1. The van der Waals surface area contributed by atoms with Gasteiger partial charge < -0.3 is 9.84 Å². The molecule has 198 valence electrons. The van der Waals surface area contributed by atoms with Gasteiger partial charge in [-0.05, 0) is 54.2 Å². The molecule has 0 spiro atoms. The molecule has 2 atom stereocenters. The molecule has 0 unspecified atom stereocenters. The van der Waals surface area contributed by atoms with E-state index >= 15 is 0 Å². The molecule has 37 heavy (non-hydrogen) atoms. The first-order chi connectivity index (χ1) is 17.5. The average molecular weight is 534 g/mol. The van der Waals surface area contributed by atoms with Crippen molar-refractivity contribution in [3.8, 4) is 5.75 Å². The van der Waals surface area contributed by atoms with E-state index in [-0.39, 0.29) is 29.9 Å². The molecule has 0 heterocycles. The Labute approximate surface area is 220 Å². The van der Waals surface area contributed by atoms with E-state index in [1.54, 1.807) is 30.3 Å². The first kappa shape index (κ1) is 28.5. The summed E-state index contributed by atoms with van der Waals surface area (Å²) in [5.74, 6) is -0.194. The number of hydrogen-bond acceptors (Lipinski definition) is 3. The van der Waals surface area contributed by atoms with E-state index < -0.39 is 17.7 Å². The number of rotatable bonds is 12. The predicted molar refractivity (Wildman–Crippen MR) is 139 cm³/mol. The third kappa shape index (κ3) is 8.51. The molecular formula is C29H31ClF3NO3. The maximum absolute atomic E-state index is 13.4. The van der Waals surface area contributed by atoms with E-state index in [1.807, 2.05) is 37.3 Å². The normalized spacial score (nSPS) is 13.4. The first-order valence-electron chi connectivity index (χ1n) is 12.1. The van der Waals surface area contributed by atoms with Gasteiger partial charge >= 0.3 is 12.1 Å². The Balaban J connectivity index is 1.74. The van der Waals surface area contributed by atoms with Crippen LogP contribution in [0.2, 0.25) is 5.02 Å². The summed E-state index contributed by atoms with van der Waals surface area (Å²) in [6.45, 7) is 5.35. The topological polar surface area (TPSA) is 49.8 Å². The number of aliphatic carboxylic acids is 1. The molecular weight excluding hydrogens is 503 g/mol. The highest BCUT2D eigenvalue weighted by molar-refractivity contribution is 6.32. The Morgan fingerprint density at radius 1 is 1.03 bits per heavy atom. The van der Waals surface area contributed by atoms with Crippen LogP contribution in [0.1, 0.15) is 48.4 Å². The van der Waals surface area contributed by atoms with Crippen molar-refractivity contribution in [2.45, 2.75) is 51.4 Å². The highest BCUT2D eigenvalue weighted by atomic mass is 35.5. The molecule has 3 rings (SSSR count). The lowest BCUT2D eigenvalue weighted by Gasteiger charge is -2.32. The molecule has 4 nitrogen and oxygen atoms in total. The molecule has 0 fully saturated rings. The minimum Gasteiger partial charge on any atom is -0.494 e. The van der Waals surface area contributed by atoms with Crippen molar-refractivity contribution in [1.82, 2.24) is 4.90 Å². The predicted octanol–water partition coefficient (Wildman–Crippen LogP) is 7.45. The van der Waals surface area contributed by atoms with Gasteiger partial charge in [0.15, 0.2) is 0 Å². The standard InChI is InChI=1S/C29H31ClF3NO3/c1-20(23-9-4-3-5-10-23)18-34(19-24-11-7-13-26(28(24)30)29(31,32)33)21(2)14-15-37-25-12-6-8-22(16-25)17-27(35)36/h3-13,16,20-21H,14-15,17-19H2,1-2H3,(H,35,36)/t20-,21+/m0/s1. The monoisotopic (exact) mass is 533 g/mol. The largest absolute Gasteiger partial charge is 0.494 e. The Morgan fingerprint density at radius 3 is 2.41 bits per heavy atom. The van der Waals surface area contributed by atoms with E-state index in [1.165, 1.54) is 6.07 Å². The molecule has 0 aliphatic rings. The zero-order valence-corrected chi connectivity index (χ0v) is 21.6. The lowest BCUT2D eigenvalue weighted by molar-refractivity contribution is -0.138. The first-order valence-corrected chi connectivity index (χ1v) is 12.5. The van der Waals surface area contributed by atoms with Crippen LogP contribution in [0.25, 0.3) is 0 Å². The third-order valence-electron chi connectivity index (χ3n) is 6.32. The quantitative estimate of drug-likeness (QED) is 0.263. The molecule has 0 aliphatic carbocycles. The number of benzene rings is 3. The van der Waals surface area contributed by atoms with Crippen LogP contribution < -0.4 is 4.74 Å². The Morgan fingerprint density at radius 2 is 1.73 bits per heavy atom. The second kappa shape index (κ2) is 13.0. The van der Waals surface area contributed by atoms with Gasteiger partial charge in [0.05, 0.1) is 23.6 Å². The van der Waals surface area contributed by atoms with Gasteiger partial charge in [0, 0.05) is 19.1 Å². The summed E-state index contributed by atoms with van der Waals surface area (Å²) < 4.78 is 46.2. The van der Waals surface area contributed by atoms with Crippen molar-refractivity contribution in [2.24, 2.45) is 0 Å². The zero-order chi connectivity index (χ0) is 27.0. The van der Waals surface area contributed by atoms with Gasteiger partial charge in [0.1, 0.15) is 5.75 Å². The maximum Gasteiger partial charge on any atom is 0.417 e. The van der Waals surface area contributed by atoms with Gasteiger partial charge in [0.2, 0.25) is 0 Å². The second-order valence-electron chi connectivity index (χ2n) is 9.22. The second-order valence-corrected chi connectivity index (χ2v) is 9.60. The average Bonchev–Trinajstić information content (AvgIpc) is 2.84. The van der Waals surface area contributed by atoms with Crippen LogP contribution in [0, 0.1) is 0 Å². The number of nitrogens with zero attached hydrogens (tertiary/aromatic N) is 1. The molecule has 0 bridgehead atoms. The minimum atomic E-state index is -4.52. The number of halogens is 4. The Bertz CT molecular complexity index is 1170. The molecule has 3 aromatic carbocycles. The molecule has 0 radical (unpaired) electrons. The SMILES string of the molecule is C[C@H](CCOc1cccc(CC(=O)O)c1)N(Cc1cccc(C(F)(F)F)c1Cl)C[C@H](C)c1ccccc1. The van der Waals surface area contributed by atoms with E-state index in [2.05, 4.69) is 11.8 Å². The smallest absolute Gasteiger partial charge is 0.417 e. The number of alkyl halides is 3. The fraction of sp³-hybridized carbons (Fsp3) is 0.345. The van der Waals surface area contributed by atoms with Crippen LogP contribution in [-0.4, -0.2) is 35.2 Å². The molecule has 0 saturated heterocycles. The number of carboxylic acids is 1. The highest BCUT2D eigenvalue weighted by Gasteiger charge is 2.34. The van der Waals surface area contributed by atoms with Crippen LogP contribution in [0.15, 0.2) is 72.8 Å². The van der Waals surface area contributed by atoms with Gasteiger partial charge in [-0.2, -0.15) is 13.2 Å². The van der Waals surface area contributed by atoms with E-state index in [4.69, 9.17) is 21.4 Å². The van der Waals surface area contributed by atoms with Crippen molar-refractivity contribution in [2.75, 3.05) is 13.2 Å². The molecule has 0 amide bonds. The zero-order valence-electron chi connectivity index (χ0n) is 20.8. The Hall–Kier alpha value is -3.03. The van der Waals surface area contributed by atoms with Gasteiger partial charge in [0.25, 0.3) is 0 Å². The van der Waals surface area contributed by atoms with Crippen molar-refractivity contribution in [3.63, 3.8) is 0 Å². The van der Waals surface area contributed by atoms with E-state index in [9.17, 15) is 18.0 Å². The summed E-state index contributed by atoms with van der Waals surface area (Å²) in [6.07, 6.45) is -4.00. The lowest BCUT2D eigenvalue weighted by Crippen LogP contribution is -2.36. The highest BCUT2D eigenvalue weighted by Crippen LogP contribution is 2.37. The molecule has 0 aliphatic heterocycles. The van der Waals surface area contributed by atoms with Gasteiger partial charge in [-0.3, -0.25) is 9.69 Å². The van der Waals surface area contributed by atoms with Crippen LogP contribution in [0.3, 0.4) is 0 Å².